The third-order valence-electron chi connectivity index (χ3n) is 3.23. The predicted octanol–water partition coefficient (Wildman–Crippen LogP) is 3.69. The van der Waals surface area contributed by atoms with Gasteiger partial charge in [0.05, 0.1) is 0 Å². The molecule has 0 spiro atoms. The molecule has 1 rings (SSSR count). The summed E-state index contributed by atoms with van der Waals surface area (Å²) in [6.45, 7) is 16.6. The van der Waals surface area contributed by atoms with Crippen LogP contribution in [-0.4, -0.2) is 13.1 Å². The molecule has 2 unspecified atom stereocenters. The molecular weight excluding hydrogens is 182 g/mol. The molecule has 0 aromatic heterocycles. The van der Waals surface area contributed by atoms with Crippen LogP contribution >= 0.6 is 0 Å². The van der Waals surface area contributed by atoms with Crippen LogP contribution in [0.5, 0.6) is 0 Å². The van der Waals surface area contributed by atoms with Gasteiger partial charge in [-0.2, -0.15) is 0 Å². The lowest BCUT2D eigenvalue weighted by atomic mass is 9.74. The maximum atomic E-state index is 3.57. The Morgan fingerprint density at radius 1 is 0.800 bits per heavy atom. The van der Waals surface area contributed by atoms with E-state index in [0.717, 1.165) is 11.8 Å². The summed E-state index contributed by atoms with van der Waals surface area (Å²) in [6.07, 6.45) is 2.72. The lowest BCUT2D eigenvalue weighted by molar-refractivity contribution is 0.210. The van der Waals surface area contributed by atoms with E-state index in [0.29, 0.717) is 10.8 Å². The molecule has 1 fully saturated rings. The maximum absolute atomic E-state index is 3.57. The molecule has 0 aliphatic carbocycles. The molecule has 0 bridgehead atoms. The lowest BCUT2D eigenvalue weighted by Crippen LogP contribution is -2.23. The van der Waals surface area contributed by atoms with Crippen molar-refractivity contribution in [3.8, 4) is 0 Å². The van der Waals surface area contributed by atoms with E-state index < -0.39 is 0 Å². The van der Waals surface area contributed by atoms with E-state index in [4.69, 9.17) is 0 Å². The Kier molecular flexibility index (Phi) is 3.86. The van der Waals surface area contributed by atoms with Crippen LogP contribution < -0.4 is 5.32 Å². The van der Waals surface area contributed by atoms with Crippen molar-refractivity contribution >= 4 is 0 Å². The van der Waals surface area contributed by atoms with Crippen LogP contribution in [0.4, 0.5) is 0 Å². The van der Waals surface area contributed by atoms with Crippen LogP contribution in [-0.2, 0) is 0 Å². The number of hydrogen-bond acceptors (Lipinski definition) is 1. The van der Waals surface area contributed by atoms with Crippen LogP contribution in [0.25, 0.3) is 0 Å². The van der Waals surface area contributed by atoms with E-state index >= 15 is 0 Å². The summed E-state index contributed by atoms with van der Waals surface area (Å²) >= 11 is 0. The number of nitrogens with one attached hydrogen (secondary N) is 1. The lowest BCUT2D eigenvalue weighted by Gasteiger charge is -2.30. The zero-order valence-electron chi connectivity index (χ0n) is 11.5. The van der Waals surface area contributed by atoms with E-state index in [9.17, 15) is 0 Å². The van der Waals surface area contributed by atoms with Crippen LogP contribution in [0.1, 0.15) is 54.4 Å². The monoisotopic (exact) mass is 211 g/mol. The summed E-state index contributed by atoms with van der Waals surface area (Å²) in [7, 11) is 0. The van der Waals surface area contributed by atoms with Gasteiger partial charge in [-0.1, -0.05) is 41.5 Å². The Morgan fingerprint density at radius 2 is 1.13 bits per heavy atom. The summed E-state index contributed by atoms with van der Waals surface area (Å²) in [5, 5.41) is 3.57. The van der Waals surface area contributed by atoms with E-state index in [1.807, 2.05) is 0 Å². The van der Waals surface area contributed by atoms with Crippen molar-refractivity contribution in [3.63, 3.8) is 0 Å². The molecule has 1 N–H and O–H groups in total. The second kappa shape index (κ2) is 4.45. The number of hydrogen-bond donors (Lipinski definition) is 1. The van der Waals surface area contributed by atoms with Gasteiger partial charge >= 0.3 is 0 Å². The molecule has 0 amide bonds. The van der Waals surface area contributed by atoms with E-state index in [-0.39, 0.29) is 0 Å². The third kappa shape index (κ3) is 5.01. The molecule has 1 nitrogen and oxygen atoms in total. The van der Waals surface area contributed by atoms with Gasteiger partial charge in [-0.25, -0.2) is 0 Å². The van der Waals surface area contributed by atoms with Crippen molar-refractivity contribution in [2.24, 2.45) is 22.7 Å². The molecule has 1 heterocycles. The van der Waals surface area contributed by atoms with E-state index in [2.05, 4.69) is 46.9 Å². The summed E-state index contributed by atoms with van der Waals surface area (Å²) in [5.41, 5.74) is 0.958. The number of rotatable bonds is 2. The van der Waals surface area contributed by atoms with Crippen LogP contribution in [0, 0.1) is 22.7 Å². The molecule has 1 saturated heterocycles. The van der Waals surface area contributed by atoms with Gasteiger partial charge in [0.1, 0.15) is 0 Å². The van der Waals surface area contributed by atoms with E-state index in [1.54, 1.807) is 0 Å². The SMILES string of the molecule is CC(C)(C)CC1CNCC1CC(C)(C)C. The Balaban J connectivity index is 2.50. The first-order valence-electron chi connectivity index (χ1n) is 6.38. The smallest absolute Gasteiger partial charge is 0.00171 e. The Bertz CT molecular complexity index is 172. The van der Waals surface area contributed by atoms with Gasteiger partial charge in [-0.05, 0) is 48.6 Å². The third-order valence-corrected chi connectivity index (χ3v) is 3.23. The highest BCUT2D eigenvalue weighted by Crippen LogP contribution is 2.36. The standard InChI is InChI=1S/C14H29N/c1-13(2,3)7-11-9-15-10-12(11)8-14(4,5)6/h11-12,15H,7-10H2,1-6H3. The average Bonchev–Trinajstić information content (AvgIpc) is 2.29. The minimum atomic E-state index is 0.479. The fourth-order valence-electron chi connectivity index (χ4n) is 2.84. The van der Waals surface area contributed by atoms with Crippen LogP contribution in [0.3, 0.4) is 0 Å². The summed E-state index contributed by atoms with van der Waals surface area (Å²) in [4.78, 5) is 0. The molecule has 15 heavy (non-hydrogen) atoms. The molecule has 2 atom stereocenters. The fraction of sp³-hybridized carbons (Fsp3) is 1.00. The molecule has 90 valence electrons. The summed E-state index contributed by atoms with van der Waals surface area (Å²) in [5.74, 6) is 1.79. The van der Waals surface area contributed by atoms with Crippen LogP contribution in [0.2, 0.25) is 0 Å². The zero-order chi connectivity index (χ0) is 11.7. The van der Waals surface area contributed by atoms with Crippen molar-refractivity contribution in [3.05, 3.63) is 0 Å². The Labute approximate surface area is 96.0 Å². The van der Waals surface area contributed by atoms with Crippen molar-refractivity contribution in [1.29, 1.82) is 0 Å². The Hall–Kier alpha value is -0.0400. The summed E-state index contributed by atoms with van der Waals surface area (Å²) in [6, 6.07) is 0. The molecule has 0 saturated carbocycles. The van der Waals surface area contributed by atoms with Crippen molar-refractivity contribution in [1.82, 2.24) is 5.32 Å². The highest BCUT2D eigenvalue weighted by Gasteiger charge is 2.32. The van der Waals surface area contributed by atoms with Gasteiger partial charge in [0.15, 0.2) is 0 Å². The van der Waals surface area contributed by atoms with Gasteiger partial charge in [0.25, 0.3) is 0 Å². The fourth-order valence-corrected chi connectivity index (χ4v) is 2.84. The van der Waals surface area contributed by atoms with Crippen molar-refractivity contribution < 1.29 is 0 Å². The molecule has 0 radical (unpaired) electrons. The maximum Gasteiger partial charge on any atom is -0.00171 e. The average molecular weight is 211 g/mol. The topological polar surface area (TPSA) is 12.0 Å². The first kappa shape index (κ1) is 13.0. The molecular formula is C14H29N. The molecule has 1 aliphatic heterocycles. The van der Waals surface area contributed by atoms with Gasteiger partial charge in [0, 0.05) is 0 Å². The van der Waals surface area contributed by atoms with Crippen LogP contribution in [0.15, 0.2) is 0 Å². The molecule has 0 aromatic carbocycles. The minimum Gasteiger partial charge on any atom is -0.316 e. The van der Waals surface area contributed by atoms with Crippen molar-refractivity contribution in [2.45, 2.75) is 54.4 Å². The first-order valence-corrected chi connectivity index (χ1v) is 6.38. The molecule has 0 aromatic rings. The summed E-state index contributed by atoms with van der Waals surface area (Å²) < 4.78 is 0. The van der Waals surface area contributed by atoms with Gasteiger partial charge < -0.3 is 5.32 Å². The van der Waals surface area contributed by atoms with Gasteiger partial charge in [-0.15, -0.1) is 0 Å². The largest absolute Gasteiger partial charge is 0.316 e. The normalized spacial score (nSPS) is 28.4. The second-order valence-electron chi connectivity index (χ2n) is 7.71. The second-order valence-corrected chi connectivity index (χ2v) is 7.71. The quantitative estimate of drug-likeness (QED) is 0.734. The van der Waals surface area contributed by atoms with Gasteiger partial charge in [-0.3, -0.25) is 0 Å². The first-order chi connectivity index (χ1) is 6.67. The highest BCUT2D eigenvalue weighted by molar-refractivity contribution is 4.86. The van der Waals surface area contributed by atoms with Gasteiger partial charge in [0.2, 0.25) is 0 Å². The Morgan fingerprint density at radius 3 is 1.40 bits per heavy atom. The highest BCUT2D eigenvalue weighted by atomic mass is 14.9. The molecule has 1 aliphatic rings. The van der Waals surface area contributed by atoms with E-state index in [1.165, 1.54) is 25.9 Å². The van der Waals surface area contributed by atoms with Crippen molar-refractivity contribution in [2.75, 3.05) is 13.1 Å². The minimum absolute atomic E-state index is 0.479. The predicted molar refractivity (Wildman–Crippen MR) is 68.0 cm³/mol. The molecule has 1 heteroatoms. The zero-order valence-corrected chi connectivity index (χ0v) is 11.5.